The van der Waals surface area contributed by atoms with Gasteiger partial charge in [0.1, 0.15) is 16.7 Å². The van der Waals surface area contributed by atoms with E-state index in [-0.39, 0.29) is 28.2 Å². The van der Waals surface area contributed by atoms with Crippen LogP contribution in [0.15, 0.2) is 24.3 Å². The van der Waals surface area contributed by atoms with Crippen molar-refractivity contribution in [1.29, 1.82) is 0 Å². The molecule has 0 saturated heterocycles. The van der Waals surface area contributed by atoms with Crippen LogP contribution in [-0.4, -0.2) is 40.8 Å². The number of unbranched alkanes of at least 4 members (excludes halogenated alkanes) is 2. The number of ether oxygens (including phenoxy) is 1. The largest absolute Gasteiger partial charge is 0.494 e. The van der Waals surface area contributed by atoms with Gasteiger partial charge in [-0.15, -0.1) is 0 Å². The Kier molecular flexibility index (Phi) is 10.1. The summed E-state index contributed by atoms with van der Waals surface area (Å²) in [7, 11) is 0. The van der Waals surface area contributed by atoms with E-state index in [1.807, 2.05) is 6.92 Å². The highest BCUT2D eigenvalue weighted by Crippen LogP contribution is 2.30. The average molecular weight is 516 g/mol. The number of hydrogen-bond acceptors (Lipinski definition) is 7. The molecule has 1 aromatic carbocycles. The molecule has 0 spiro atoms. The number of carbonyl (C=O) groups is 3. The van der Waals surface area contributed by atoms with Crippen LogP contribution in [0.25, 0.3) is 0 Å². The fraction of sp³-hybridized carbons (Fsp3) is 0.538. The lowest BCUT2D eigenvalue weighted by Gasteiger charge is -2.32. The molecular formula is C26H37N5O4S. The van der Waals surface area contributed by atoms with Crippen LogP contribution >= 0.6 is 11.5 Å². The lowest BCUT2D eigenvalue weighted by molar-refractivity contribution is -0.123. The first kappa shape index (κ1) is 27.4. The third-order valence-electron chi connectivity index (χ3n) is 6.40. The number of anilines is 2. The summed E-state index contributed by atoms with van der Waals surface area (Å²) in [5, 5.41) is 3.15. The highest BCUT2D eigenvalue weighted by Gasteiger charge is 2.35. The van der Waals surface area contributed by atoms with Gasteiger partial charge in [0.15, 0.2) is 5.69 Å². The molecule has 1 aliphatic carbocycles. The standard InChI is InChI=1S/C26H37N5O4S/c1-3-5-11-20(25(33)29-17-9-7-8-10-17)31(18-12-14-19(15-13-18)35-16-6-4-2)26(34)23-21(27)22(24(28)32)30-36-23/h12-15,17,20H,3-11,16,27H2,1-2H3,(H2,28,32)(H,29,33)/t20-/m0/s1. The minimum atomic E-state index is -0.801. The molecule has 1 fully saturated rings. The monoisotopic (exact) mass is 515 g/mol. The zero-order valence-electron chi connectivity index (χ0n) is 21.1. The predicted molar refractivity (Wildman–Crippen MR) is 142 cm³/mol. The van der Waals surface area contributed by atoms with Crippen molar-refractivity contribution in [2.45, 2.75) is 83.7 Å². The number of benzene rings is 1. The Hall–Kier alpha value is -3.14. The third-order valence-corrected chi connectivity index (χ3v) is 7.25. The first-order chi connectivity index (χ1) is 17.4. The zero-order chi connectivity index (χ0) is 26.1. The van der Waals surface area contributed by atoms with Crippen molar-refractivity contribution in [2.24, 2.45) is 5.73 Å². The van der Waals surface area contributed by atoms with Crippen molar-refractivity contribution < 1.29 is 19.1 Å². The number of nitrogens with zero attached hydrogens (tertiary/aromatic N) is 2. The normalized spacial score (nSPS) is 14.4. The van der Waals surface area contributed by atoms with Gasteiger partial charge >= 0.3 is 0 Å². The maximum Gasteiger partial charge on any atom is 0.272 e. The van der Waals surface area contributed by atoms with Crippen LogP contribution in [0.5, 0.6) is 5.75 Å². The highest BCUT2D eigenvalue weighted by atomic mass is 32.1. The Bertz CT molecular complexity index is 1030. The summed E-state index contributed by atoms with van der Waals surface area (Å²) in [6.07, 6.45) is 8.13. The molecule has 0 aliphatic heterocycles. The minimum Gasteiger partial charge on any atom is -0.494 e. The molecule has 9 nitrogen and oxygen atoms in total. The second-order valence-electron chi connectivity index (χ2n) is 9.16. The highest BCUT2D eigenvalue weighted by molar-refractivity contribution is 7.09. The Labute approximate surface area is 216 Å². The first-order valence-corrected chi connectivity index (χ1v) is 13.6. The molecule has 1 atom stereocenters. The van der Waals surface area contributed by atoms with E-state index < -0.39 is 17.9 Å². The van der Waals surface area contributed by atoms with E-state index in [1.54, 1.807) is 24.3 Å². The van der Waals surface area contributed by atoms with Gasteiger partial charge in [-0.2, -0.15) is 4.37 Å². The van der Waals surface area contributed by atoms with E-state index in [4.69, 9.17) is 16.2 Å². The molecule has 1 aliphatic rings. The van der Waals surface area contributed by atoms with E-state index >= 15 is 0 Å². The molecule has 0 radical (unpaired) electrons. The lowest BCUT2D eigenvalue weighted by Crippen LogP contribution is -2.51. The second-order valence-corrected chi connectivity index (χ2v) is 9.93. The number of amides is 3. The van der Waals surface area contributed by atoms with Crippen molar-refractivity contribution >= 4 is 40.6 Å². The number of rotatable bonds is 13. The predicted octanol–water partition coefficient (Wildman–Crippen LogP) is 4.27. The maximum absolute atomic E-state index is 13.9. The Morgan fingerprint density at radius 3 is 2.39 bits per heavy atom. The van der Waals surface area contributed by atoms with Gasteiger partial charge in [0, 0.05) is 11.7 Å². The molecular weight excluding hydrogens is 478 g/mol. The molecule has 36 heavy (non-hydrogen) atoms. The van der Waals surface area contributed by atoms with Crippen molar-refractivity contribution in [3.8, 4) is 5.75 Å². The number of nitrogens with one attached hydrogen (secondary N) is 1. The fourth-order valence-electron chi connectivity index (χ4n) is 4.36. The van der Waals surface area contributed by atoms with Gasteiger partial charge in [-0.1, -0.05) is 46.0 Å². The van der Waals surface area contributed by atoms with Crippen LogP contribution in [0.2, 0.25) is 0 Å². The molecule has 1 aromatic heterocycles. The van der Waals surface area contributed by atoms with Crippen LogP contribution in [0.3, 0.4) is 0 Å². The van der Waals surface area contributed by atoms with Crippen molar-refractivity contribution in [2.75, 3.05) is 17.2 Å². The topological polar surface area (TPSA) is 141 Å². The minimum absolute atomic E-state index is 0.0625. The summed E-state index contributed by atoms with van der Waals surface area (Å²) in [5.74, 6) is -0.789. The second kappa shape index (κ2) is 13.2. The number of nitrogens with two attached hydrogens (primary N) is 2. The van der Waals surface area contributed by atoms with E-state index in [0.717, 1.165) is 62.9 Å². The Morgan fingerprint density at radius 2 is 1.81 bits per heavy atom. The summed E-state index contributed by atoms with van der Waals surface area (Å²) in [5.41, 5.74) is 11.8. The van der Waals surface area contributed by atoms with Gasteiger partial charge in [0.05, 0.1) is 12.3 Å². The summed E-state index contributed by atoms with van der Waals surface area (Å²) in [6, 6.07) is 6.50. The van der Waals surface area contributed by atoms with Crippen molar-refractivity contribution in [1.82, 2.24) is 9.69 Å². The maximum atomic E-state index is 13.9. The quantitative estimate of drug-likeness (QED) is 0.340. The van der Waals surface area contributed by atoms with Crippen LogP contribution in [0.4, 0.5) is 11.4 Å². The average Bonchev–Trinajstić information content (AvgIpc) is 3.51. The van der Waals surface area contributed by atoms with Gasteiger partial charge in [-0.3, -0.25) is 19.3 Å². The zero-order valence-corrected chi connectivity index (χ0v) is 21.9. The number of primary amides is 1. The molecule has 0 bridgehead atoms. The number of carbonyl (C=O) groups excluding carboxylic acids is 3. The van der Waals surface area contributed by atoms with Crippen LogP contribution in [-0.2, 0) is 4.79 Å². The molecule has 0 unspecified atom stereocenters. The van der Waals surface area contributed by atoms with Gasteiger partial charge in [-0.25, -0.2) is 0 Å². The molecule has 3 amide bonds. The number of hydrogen-bond donors (Lipinski definition) is 3. The van der Waals surface area contributed by atoms with E-state index in [0.29, 0.717) is 24.5 Å². The lowest BCUT2D eigenvalue weighted by atomic mass is 10.0. The van der Waals surface area contributed by atoms with Crippen molar-refractivity contribution in [3.63, 3.8) is 0 Å². The molecule has 196 valence electrons. The number of nitrogen functional groups attached to an aromatic ring is 1. The van der Waals surface area contributed by atoms with Gasteiger partial charge in [0.25, 0.3) is 11.8 Å². The number of aromatic nitrogens is 1. The molecule has 1 saturated carbocycles. The molecule has 3 rings (SSSR count). The summed E-state index contributed by atoms with van der Waals surface area (Å²) < 4.78 is 9.77. The van der Waals surface area contributed by atoms with Gasteiger partial charge < -0.3 is 21.5 Å². The third kappa shape index (κ3) is 6.75. The summed E-state index contributed by atoms with van der Waals surface area (Å²) in [4.78, 5) is 40.7. The van der Waals surface area contributed by atoms with Crippen LogP contribution in [0.1, 0.15) is 91.8 Å². The van der Waals surface area contributed by atoms with E-state index in [2.05, 4.69) is 16.6 Å². The SMILES string of the molecule is CCCCOc1ccc(N(C(=O)c2snc(C(N)=O)c2N)[C@@H](CCCC)C(=O)NC2CCCC2)cc1. The molecule has 5 N–H and O–H groups in total. The van der Waals surface area contributed by atoms with Gasteiger partial charge in [-0.05, 0) is 61.5 Å². The fourth-order valence-corrected chi connectivity index (χ4v) is 5.10. The summed E-state index contributed by atoms with van der Waals surface area (Å²) in [6.45, 7) is 4.74. The Balaban J connectivity index is 1.98. The van der Waals surface area contributed by atoms with E-state index in [1.165, 1.54) is 4.90 Å². The molecule has 1 heterocycles. The van der Waals surface area contributed by atoms with Crippen molar-refractivity contribution in [3.05, 3.63) is 34.8 Å². The first-order valence-electron chi connectivity index (χ1n) is 12.8. The van der Waals surface area contributed by atoms with E-state index in [9.17, 15) is 14.4 Å². The molecule has 10 heteroatoms. The Morgan fingerprint density at radius 1 is 1.14 bits per heavy atom. The smallest absolute Gasteiger partial charge is 0.272 e. The summed E-state index contributed by atoms with van der Waals surface area (Å²) >= 11 is 0.815. The van der Waals surface area contributed by atoms with Gasteiger partial charge in [0.2, 0.25) is 5.91 Å². The molecule has 2 aromatic rings. The van der Waals surface area contributed by atoms with Crippen LogP contribution in [0, 0.1) is 0 Å². The van der Waals surface area contributed by atoms with Crippen LogP contribution < -0.4 is 26.4 Å².